The number of aliphatic carboxylic acids is 1. The maximum atomic E-state index is 14.3. The number of carboxylic acids is 1. The van der Waals surface area contributed by atoms with E-state index < -0.39 is 28.9 Å². The van der Waals surface area contributed by atoms with E-state index in [0.717, 1.165) is 5.56 Å². The smallest absolute Gasteiger partial charge is 0.347 e. The molecule has 39 heavy (non-hydrogen) atoms. The number of halogens is 3. The molecule has 1 spiro atoms. The van der Waals surface area contributed by atoms with E-state index >= 15 is 0 Å². The van der Waals surface area contributed by atoms with E-state index in [1.54, 1.807) is 48.5 Å². The molecule has 3 N–H and O–H groups in total. The number of benzene rings is 3. The molecular weight excluding hydrogens is 607 g/mol. The van der Waals surface area contributed by atoms with Gasteiger partial charge in [-0.15, -0.1) is 0 Å². The third-order valence-corrected chi connectivity index (χ3v) is 8.49. The molecule has 2 amide bonds. The number of amides is 2. The fourth-order valence-corrected chi connectivity index (χ4v) is 6.38. The first kappa shape index (κ1) is 27.5. The van der Waals surface area contributed by atoms with Gasteiger partial charge in [0.15, 0.2) is 5.60 Å². The minimum absolute atomic E-state index is 0.0497. The summed E-state index contributed by atoms with van der Waals surface area (Å²) in [6.07, 6.45) is -0.0497. The summed E-state index contributed by atoms with van der Waals surface area (Å²) in [5, 5.41) is 16.8. The van der Waals surface area contributed by atoms with Crippen LogP contribution < -0.4 is 15.4 Å². The zero-order chi connectivity index (χ0) is 28.3. The van der Waals surface area contributed by atoms with Crippen molar-refractivity contribution in [2.75, 3.05) is 5.32 Å². The highest BCUT2D eigenvalue weighted by Gasteiger charge is 2.62. The standard InChI is InChI=1S/C29H25BrCl2N2O5/c1-14-4-6-16(31)11-18(14)25-29(20-8-7-17(32)12-22(20)33-26(29)36)21(13-24(35)34-25)19-10-15(30)5-9-23(19)39-28(2,3)27(37)38/h4-12,21,25H,13H2,1-3H3,(H,33,36)(H,34,35)(H,37,38). The largest absolute Gasteiger partial charge is 0.478 e. The van der Waals surface area contributed by atoms with Gasteiger partial charge in [-0.3, -0.25) is 9.59 Å². The molecule has 0 saturated carbocycles. The average molecular weight is 632 g/mol. The van der Waals surface area contributed by atoms with Gasteiger partial charge in [-0.2, -0.15) is 0 Å². The molecule has 202 valence electrons. The second-order valence-electron chi connectivity index (χ2n) is 10.4. The molecule has 0 aliphatic carbocycles. The SMILES string of the molecule is Cc1ccc(Cl)cc1C1NC(=O)CC(c2cc(Br)ccc2OC(C)(C)C(=O)O)C12C(=O)Nc1cc(Cl)ccc12. The van der Waals surface area contributed by atoms with Crippen LogP contribution in [0.3, 0.4) is 0 Å². The van der Waals surface area contributed by atoms with Crippen molar-refractivity contribution in [2.45, 2.75) is 50.2 Å². The lowest BCUT2D eigenvalue weighted by Crippen LogP contribution is -2.57. The zero-order valence-electron chi connectivity index (χ0n) is 21.3. The first-order valence-corrected chi connectivity index (χ1v) is 13.8. The van der Waals surface area contributed by atoms with E-state index in [9.17, 15) is 19.5 Å². The number of rotatable bonds is 5. The number of carbonyl (C=O) groups is 3. The average Bonchev–Trinajstić information content (AvgIpc) is 3.14. The van der Waals surface area contributed by atoms with Crippen LogP contribution in [0.4, 0.5) is 5.69 Å². The second kappa shape index (κ2) is 9.84. The summed E-state index contributed by atoms with van der Waals surface area (Å²) in [6.45, 7) is 4.79. The van der Waals surface area contributed by atoms with Crippen molar-refractivity contribution >= 4 is 62.6 Å². The molecule has 3 aromatic carbocycles. The predicted molar refractivity (Wildman–Crippen MR) is 153 cm³/mol. The van der Waals surface area contributed by atoms with Crippen LogP contribution in [0.25, 0.3) is 0 Å². The van der Waals surface area contributed by atoms with Crippen molar-refractivity contribution in [3.05, 3.63) is 91.4 Å². The number of carbonyl (C=O) groups excluding carboxylic acids is 2. The van der Waals surface area contributed by atoms with Crippen LogP contribution in [0, 0.1) is 6.92 Å². The first-order valence-electron chi connectivity index (χ1n) is 12.2. The van der Waals surface area contributed by atoms with Gasteiger partial charge < -0.3 is 20.5 Å². The molecule has 0 bridgehead atoms. The lowest BCUT2D eigenvalue weighted by atomic mass is 9.59. The highest BCUT2D eigenvalue weighted by atomic mass is 79.9. The fourth-order valence-electron chi connectivity index (χ4n) is 5.65. The lowest BCUT2D eigenvalue weighted by molar-refractivity contribution is -0.152. The Morgan fingerprint density at radius 1 is 1.05 bits per heavy atom. The Morgan fingerprint density at radius 2 is 1.74 bits per heavy atom. The highest BCUT2D eigenvalue weighted by molar-refractivity contribution is 9.10. The van der Waals surface area contributed by atoms with E-state index in [0.29, 0.717) is 36.9 Å². The van der Waals surface area contributed by atoms with Gasteiger partial charge in [0, 0.05) is 38.1 Å². The van der Waals surface area contributed by atoms with Crippen molar-refractivity contribution in [1.82, 2.24) is 5.32 Å². The molecule has 1 fully saturated rings. The molecule has 2 heterocycles. The third-order valence-electron chi connectivity index (χ3n) is 7.53. The van der Waals surface area contributed by atoms with Crippen molar-refractivity contribution in [3.8, 4) is 5.75 Å². The number of ether oxygens (including phenoxy) is 1. The highest BCUT2D eigenvalue weighted by Crippen LogP contribution is 2.59. The number of fused-ring (bicyclic) bond motifs is 2. The van der Waals surface area contributed by atoms with Crippen LogP contribution in [0.5, 0.6) is 5.75 Å². The summed E-state index contributed by atoms with van der Waals surface area (Å²) in [5.74, 6) is -2.22. The summed E-state index contributed by atoms with van der Waals surface area (Å²) < 4.78 is 6.73. The van der Waals surface area contributed by atoms with E-state index in [-0.39, 0.29) is 24.0 Å². The Labute approximate surface area is 244 Å². The van der Waals surface area contributed by atoms with Crippen molar-refractivity contribution in [2.24, 2.45) is 0 Å². The van der Waals surface area contributed by atoms with Crippen LogP contribution in [0.15, 0.2) is 59.1 Å². The number of hydrogen-bond acceptors (Lipinski definition) is 4. The molecule has 2 aliphatic heterocycles. The molecule has 3 atom stereocenters. The van der Waals surface area contributed by atoms with E-state index in [4.69, 9.17) is 27.9 Å². The molecule has 1 saturated heterocycles. The quantitative estimate of drug-likeness (QED) is 0.297. The van der Waals surface area contributed by atoms with E-state index in [1.165, 1.54) is 13.8 Å². The van der Waals surface area contributed by atoms with Crippen LogP contribution >= 0.6 is 39.1 Å². The van der Waals surface area contributed by atoms with Gasteiger partial charge >= 0.3 is 5.97 Å². The first-order chi connectivity index (χ1) is 18.3. The molecule has 2 aliphatic rings. The van der Waals surface area contributed by atoms with Gasteiger partial charge in [0.25, 0.3) is 0 Å². The van der Waals surface area contributed by atoms with Crippen molar-refractivity contribution < 1.29 is 24.2 Å². The maximum absolute atomic E-state index is 14.3. The van der Waals surface area contributed by atoms with E-state index in [1.807, 2.05) is 13.0 Å². The van der Waals surface area contributed by atoms with Gasteiger partial charge in [-0.05, 0) is 79.9 Å². The number of anilines is 1. The number of piperidine rings is 1. The summed E-state index contributed by atoms with van der Waals surface area (Å²) in [5.41, 5.74) is 0.362. The molecule has 3 unspecified atom stereocenters. The Morgan fingerprint density at radius 3 is 2.46 bits per heavy atom. The Bertz CT molecular complexity index is 1540. The van der Waals surface area contributed by atoms with Crippen LogP contribution in [0.2, 0.25) is 10.0 Å². The third kappa shape index (κ3) is 4.58. The number of hydrogen-bond donors (Lipinski definition) is 3. The molecule has 5 rings (SSSR count). The minimum atomic E-state index is -1.57. The Balaban J connectivity index is 1.82. The Kier molecular flexibility index (Phi) is 6.94. The summed E-state index contributed by atoms with van der Waals surface area (Å²) in [6, 6.07) is 14.9. The molecule has 7 nitrogen and oxygen atoms in total. The molecule has 10 heteroatoms. The molecule has 0 radical (unpaired) electrons. The van der Waals surface area contributed by atoms with Crippen LogP contribution in [-0.4, -0.2) is 28.5 Å². The molecule has 0 aromatic heterocycles. The van der Waals surface area contributed by atoms with Gasteiger partial charge in [-0.1, -0.05) is 51.3 Å². The van der Waals surface area contributed by atoms with Gasteiger partial charge in [-0.25, -0.2) is 4.79 Å². The number of nitrogens with one attached hydrogen (secondary N) is 2. The van der Waals surface area contributed by atoms with Crippen molar-refractivity contribution in [1.29, 1.82) is 0 Å². The summed E-state index contributed by atoms with van der Waals surface area (Å²) in [7, 11) is 0. The molecular formula is C29H25BrCl2N2O5. The van der Waals surface area contributed by atoms with Gasteiger partial charge in [0.2, 0.25) is 11.8 Å². The number of carboxylic acid groups (broad SMARTS) is 1. The number of aryl methyl sites for hydroxylation is 1. The van der Waals surface area contributed by atoms with E-state index in [2.05, 4.69) is 26.6 Å². The second-order valence-corrected chi connectivity index (χ2v) is 12.2. The fraction of sp³-hybridized carbons (Fsp3) is 0.276. The Hall–Kier alpha value is -3.07. The normalized spacial score (nSPS) is 22.3. The van der Waals surface area contributed by atoms with Crippen LogP contribution in [-0.2, 0) is 19.8 Å². The summed E-state index contributed by atoms with van der Waals surface area (Å²) in [4.78, 5) is 39.6. The van der Waals surface area contributed by atoms with Gasteiger partial charge in [0.1, 0.15) is 11.2 Å². The maximum Gasteiger partial charge on any atom is 0.347 e. The van der Waals surface area contributed by atoms with Crippen LogP contribution in [0.1, 0.15) is 54.5 Å². The predicted octanol–water partition coefficient (Wildman–Crippen LogP) is 6.54. The lowest BCUT2D eigenvalue weighted by Gasteiger charge is -2.47. The monoisotopic (exact) mass is 630 g/mol. The summed E-state index contributed by atoms with van der Waals surface area (Å²) >= 11 is 16.2. The zero-order valence-corrected chi connectivity index (χ0v) is 24.4. The van der Waals surface area contributed by atoms with Crippen molar-refractivity contribution in [3.63, 3.8) is 0 Å². The topological polar surface area (TPSA) is 105 Å². The molecule has 3 aromatic rings. The minimum Gasteiger partial charge on any atom is -0.478 e. The van der Waals surface area contributed by atoms with Gasteiger partial charge in [0.05, 0.1) is 6.04 Å².